The second kappa shape index (κ2) is 4.18. The van der Waals surface area contributed by atoms with Gasteiger partial charge in [-0.2, -0.15) is 5.10 Å². The lowest BCUT2D eigenvalue weighted by Crippen LogP contribution is -2.11. The first-order chi connectivity index (χ1) is 8.75. The monoisotopic (exact) mass is 237 g/mol. The zero-order chi connectivity index (χ0) is 12.5. The van der Waals surface area contributed by atoms with E-state index in [0.717, 1.165) is 0 Å². The zero-order valence-corrected chi connectivity index (χ0v) is 10.2. The van der Waals surface area contributed by atoms with Crippen molar-refractivity contribution in [2.75, 3.05) is 5.73 Å². The summed E-state index contributed by atoms with van der Waals surface area (Å²) in [5, 5.41) is 6.76. The number of aromatic nitrogens is 2. The molecule has 1 atom stereocenters. The summed E-state index contributed by atoms with van der Waals surface area (Å²) in [4.78, 5) is 0. The largest absolute Gasteiger partial charge is 0.384 e. The molecule has 0 aliphatic heterocycles. The summed E-state index contributed by atoms with van der Waals surface area (Å²) < 4.78 is 1.84. The van der Waals surface area contributed by atoms with Crippen molar-refractivity contribution in [1.82, 2.24) is 9.78 Å². The van der Waals surface area contributed by atoms with Gasteiger partial charge in [0, 0.05) is 0 Å². The highest BCUT2D eigenvalue weighted by Gasteiger charge is 2.10. The molecule has 3 rings (SSSR count). The Kier molecular flexibility index (Phi) is 2.52. The van der Waals surface area contributed by atoms with E-state index in [9.17, 15) is 0 Å². The van der Waals surface area contributed by atoms with Crippen molar-refractivity contribution >= 4 is 16.6 Å². The number of rotatable bonds is 2. The van der Waals surface area contributed by atoms with Crippen LogP contribution in [0.25, 0.3) is 10.8 Å². The summed E-state index contributed by atoms with van der Waals surface area (Å²) in [5.41, 5.74) is 7.10. The van der Waals surface area contributed by atoms with Crippen LogP contribution in [0.4, 0.5) is 5.82 Å². The maximum absolute atomic E-state index is 5.89. The minimum atomic E-state index is 0.143. The standard InChI is InChI=1S/C15H15N3/c1-11(18-15(16)8-9-17-18)13-7-6-12-4-2-3-5-14(12)10-13/h2-11H,16H2,1H3. The van der Waals surface area contributed by atoms with Gasteiger partial charge in [0.2, 0.25) is 0 Å². The van der Waals surface area contributed by atoms with Gasteiger partial charge in [-0.05, 0) is 35.4 Å². The Morgan fingerprint density at radius 3 is 2.56 bits per heavy atom. The van der Waals surface area contributed by atoms with Crippen LogP contribution < -0.4 is 5.73 Å². The number of hydrogen-bond acceptors (Lipinski definition) is 2. The van der Waals surface area contributed by atoms with Gasteiger partial charge in [0.15, 0.2) is 0 Å². The summed E-state index contributed by atoms with van der Waals surface area (Å²) in [5.74, 6) is 0.690. The lowest BCUT2D eigenvalue weighted by Gasteiger charge is -2.15. The molecule has 0 spiro atoms. The van der Waals surface area contributed by atoms with E-state index in [1.54, 1.807) is 6.20 Å². The van der Waals surface area contributed by atoms with Crippen LogP contribution in [0.15, 0.2) is 54.7 Å². The number of hydrogen-bond donors (Lipinski definition) is 1. The van der Waals surface area contributed by atoms with E-state index in [-0.39, 0.29) is 6.04 Å². The first kappa shape index (κ1) is 10.8. The molecule has 18 heavy (non-hydrogen) atoms. The molecule has 3 heteroatoms. The molecule has 90 valence electrons. The summed E-state index contributed by atoms with van der Waals surface area (Å²) in [6.07, 6.45) is 1.73. The molecule has 2 N–H and O–H groups in total. The molecule has 1 aromatic heterocycles. The summed E-state index contributed by atoms with van der Waals surface area (Å²) in [6, 6.07) is 16.8. The molecule has 0 saturated carbocycles. The van der Waals surface area contributed by atoms with Gasteiger partial charge in [-0.3, -0.25) is 0 Å². The minimum Gasteiger partial charge on any atom is -0.384 e. The van der Waals surface area contributed by atoms with E-state index in [1.165, 1.54) is 16.3 Å². The maximum Gasteiger partial charge on any atom is 0.122 e. The fraction of sp³-hybridized carbons (Fsp3) is 0.133. The fourth-order valence-corrected chi connectivity index (χ4v) is 2.26. The van der Waals surface area contributed by atoms with Gasteiger partial charge in [-0.25, -0.2) is 4.68 Å². The Hall–Kier alpha value is -2.29. The molecule has 0 amide bonds. The minimum absolute atomic E-state index is 0.143. The normalized spacial score (nSPS) is 12.7. The zero-order valence-electron chi connectivity index (χ0n) is 10.2. The highest BCUT2D eigenvalue weighted by Crippen LogP contribution is 2.24. The van der Waals surface area contributed by atoms with Crippen LogP contribution in [0.5, 0.6) is 0 Å². The average Bonchev–Trinajstić information content (AvgIpc) is 2.83. The van der Waals surface area contributed by atoms with E-state index in [2.05, 4.69) is 54.5 Å². The third-order valence-electron chi connectivity index (χ3n) is 3.32. The highest BCUT2D eigenvalue weighted by atomic mass is 15.3. The smallest absolute Gasteiger partial charge is 0.122 e. The third kappa shape index (κ3) is 1.74. The van der Waals surface area contributed by atoms with Crippen molar-refractivity contribution in [3.63, 3.8) is 0 Å². The van der Waals surface area contributed by atoms with E-state index >= 15 is 0 Å². The summed E-state index contributed by atoms with van der Waals surface area (Å²) in [7, 11) is 0. The molecule has 3 aromatic rings. The molecule has 0 fully saturated rings. The van der Waals surface area contributed by atoms with Crippen molar-refractivity contribution in [2.24, 2.45) is 0 Å². The fourth-order valence-electron chi connectivity index (χ4n) is 2.26. The SMILES string of the molecule is CC(c1ccc2ccccc2c1)n1nccc1N. The van der Waals surface area contributed by atoms with Crippen molar-refractivity contribution in [1.29, 1.82) is 0 Å². The predicted octanol–water partition coefficient (Wildman–Crippen LogP) is 3.23. The van der Waals surface area contributed by atoms with Crippen molar-refractivity contribution in [3.8, 4) is 0 Å². The molecule has 0 saturated heterocycles. The van der Waals surface area contributed by atoms with Crippen LogP contribution in [0.1, 0.15) is 18.5 Å². The lowest BCUT2D eigenvalue weighted by atomic mass is 10.0. The molecule has 0 radical (unpaired) electrons. The van der Waals surface area contributed by atoms with E-state index in [1.807, 2.05) is 10.7 Å². The van der Waals surface area contributed by atoms with E-state index in [4.69, 9.17) is 5.73 Å². The molecule has 1 heterocycles. The molecule has 0 aliphatic carbocycles. The molecule has 3 nitrogen and oxygen atoms in total. The van der Waals surface area contributed by atoms with Gasteiger partial charge in [0.05, 0.1) is 12.2 Å². The van der Waals surface area contributed by atoms with Crippen molar-refractivity contribution in [2.45, 2.75) is 13.0 Å². The first-order valence-electron chi connectivity index (χ1n) is 6.03. The van der Waals surface area contributed by atoms with Crippen LogP contribution in [-0.4, -0.2) is 9.78 Å². The van der Waals surface area contributed by atoms with Crippen LogP contribution >= 0.6 is 0 Å². The topological polar surface area (TPSA) is 43.8 Å². The van der Waals surface area contributed by atoms with Gasteiger partial charge < -0.3 is 5.73 Å². The van der Waals surface area contributed by atoms with Gasteiger partial charge in [-0.15, -0.1) is 0 Å². The predicted molar refractivity (Wildman–Crippen MR) is 74.4 cm³/mol. The van der Waals surface area contributed by atoms with Gasteiger partial charge >= 0.3 is 0 Å². The Morgan fingerprint density at radius 2 is 1.83 bits per heavy atom. The van der Waals surface area contributed by atoms with Gasteiger partial charge in [0.25, 0.3) is 0 Å². The number of benzene rings is 2. The second-order valence-corrected chi connectivity index (χ2v) is 4.48. The molecule has 0 bridgehead atoms. The average molecular weight is 237 g/mol. The Labute approximate surface area is 106 Å². The van der Waals surface area contributed by atoms with E-state index in [0.29, 0.717) is 5.82 Å². The van der Waals surface area contributed by atoms with Crippen LogP contribution in [0.3, 0.4) is 0 Å². The first-order valence-corrected chi connectivity index (χ1v) is 6.03. The van der Waals surface area contributed by atoms with Crippen molar-refractivity contribution < 1.29 is 0 Å². The highest BCUT2D eigenvalue weighted by molar-refractivity contribution is 5.83. The van der Waals surface area contributed by atoms with Crippen LogP contribution in [0.2, 0.25) is 0 Å². The van der Waals surface area contributed by atoms with Gasteiger partial charge in [0.1, 0.15) is 5.82 Å². The number of fused-ring (bicyclic) bond motifs is 1. The Morgan fingerprint density at radius 1 is 1.06 bits per heavy atom. The summed E-state index contributed by atoms with van der Waals surface area (Å²) in [6.45, 7) is 2.10. The maximum atomic E-state index is 5.89. The Bertz CT molecular complexity index is 685. The number of nitrogen functional groups attached to an aromatic ring is 1. The van der Waals surface area contributed by atoms with Crippen LogP contribution in [-0.2, 0) is 0 Å². The van der Waals surface area contributed by atoms with Crippen LogP contribution in [0, 0.1) is 0 Å². The van der Waals surface area contributed by atoms with Gasteiger partial charge in [-0.1, -0.05) is 36.4 Å². The Balaban J connectivity index is 2.07. The molecular formula is C15H15N3. The number of nitrogens with two attached hydrogens (primary N) is 1. The van der Waals surface area contributed by atoms with E-state index < -0.39 is 0 Å². The number of nitrogens with zero attached hydrogens (tertiary/aromatic N) is 2. The quantitative estimate of drug-likeness (QED) is 0.743. The van der Waals surface area contributed by atoms with Crippen molar-refractivity contribution in [3.05, 3.63) is 60.3 Å². The summed E-state index contributed by atoms with van der Waals surface area (Å²) >= 11 is 0. The lowest BCUT2D eigenvalue weighted by molar-refractivity contribution is 0.573. The molecule has 0 aliphatic rings. The number of anilines is 1. The molecular weight excluding hydrogens is 222 g/mol. The third-order valence-corrected chi connectivity index (χ3v) is 3.32. The molecule has 1 unspecified atom stereocenters. The molecule has 2 aromatic carbocycles. The second-order valence-electron chi connectivity index (χ2n) is 4.48.